The summed E-state index contributed by atoms with van der Waals surface area (Å²) in [5, 5.41) is 0. The minimum absolute atomic E-state index is 0.760. The Hall–Kier alpha value is -1.77. The van der Waals surface area contributed by atoms with Crippen molar-refractivity contribution in [3.63, 3.8) is 0 Å². The van der Waals surface area contributed by atoms with E-state index in [1.165, 1.54) is 5.56 Å². The molecule has 1 aromatic rings. The van der Waals surface area contributed by atoms with Crippen molar-refractivity contribution in [2.24, 2.45) is 4.99 Å². The molecule has 0 atom stereocenters. The lowest BCUT2D eigenvalue weighted by molar-refractivity contribution is 0.354. The number of hydrogen-bond donors (Lipinski definition) is 0. The third kappa shape index (κ3) is 2.40. The van der Waals surface area contributed by atoms with E-state index in [4.69, 9.17) is 9.47 Å². The van der Waals surface area contributed by atoms with E-state index in [1.54, 1.807) is 14.2 Å². The molecule has 1 aromatic carbocycles. The largest absolute Gasteiger partial charge is 0.493 e. The Bertz CT molecular complexity index is 490. The number of rotatable bonds is 4. The molecule has 0 bridgehead atoms. The molecule has 3 heteroatoms. The molecule has 0 spiro atoms. The van der Waals surface area contributed by atoms with Crippen LogP contribution < -0.4 is 9.47 Å². The molecule has 2 rings (SSSR count). The second kappa shape index (κ2) is 5.71. The van der Waals surface area contributed by atoms with Crippen molar-refractivity contribution in [1.82, 2.24) is 0 Å². The molecule has 0 N–H and O–H groups in total. The zero-order chi connectivity index (χ0) is 13.0. The van der Waals surface area contributed by atoms with Crippen LogP contribution in [-0.4, -0.2) is 26.5 Å². The van der Waals surface area contributed by atoms with Gasteiger partial charge in [-0.2, -0.15) is 0 Å². The number of nitrogens with zero attached hydrogens (tertiary/aromatic N) is 1. The van der Waals surface area contributed by atoms with E-state index in [-0.39, 0.29) is 0 Å². The molecule has 0 aliphatic carbocycles. The van der Waals surface area contributed by atoms with Gasteiger partial charge in [0.1, 0.15) is 0 Å². The van der Waals surface area contributed by atoms with Gasteiger partial charge in [0, 0.05) is 12.1 Å². The molecular formula is C15H19NO2. The van der Waals surface area contributed by atoms with Crippen LogP contribution >= 0.6 is 0 Å². The average Bonchev–Trinajstić information content (AvgIpc) is 2.43. The standard InChI is InChI=1S/C15H19NO2/c1-4-5-6-13-12-10-15(18-3)14(17-2)9-11(12)7-8-16-13/h5-6,9-10H,4,7-8H2,1-3H3/b6-5+. The first kappa shape index (κ1) is 12.7. The smallest absolute Gasteiger partial charge is 0.161 e. The summed E-state index contributed by atoms with van der Waals surface area (Å²) in [5.41, 5.74) is 3.47. The summed E-state index contributed by atoms with van der Waals surface area (Å²) in [7, 11) is 3.32. The van der Waals surface area contributed by atoms with Crippen molar-refractivity contribution >= 4 is 5.71 Å². The number of aliphatic imine (C=N–C) groups is 1. The number of ether oxygens (including phenoxy) is 2. The fourth-order valence-electron chi connectivity index (χ4n) is 2.12. The van der Waals surface area contributed by atoms with E-state index in [1.807, 2.05) is 6.07 Å². The maximum Gasteiger partial charge on any atom is 0.161 e. The Morgan fingerprint density at radius 1 is 1.22 bits per heavy atom. The molecule has 0 saturated carbocycles. The van der Waals surface area contributed by atoms with Gasteiger partial charge >= 0.3 is 0 Å². The summed E-state index contributed by atoms with van der Waals surface area (Å²) < 4.78 is 10.7. The van der Waals surface area contributed by atoms with Crippen LogP contribution in [0, 0.1) is 0 Å². The van der Waals surface area contributed by atoms with Gasteiger partial charge in [0.2, 0.25) is 0 Å². The van der Waals surface area contributed by atoms with Gasteiger partial charge in [0.15, 0.2) is 11.5 Å². The molecule has 1 aliphatic heterocycles. The Balaban J connectivity index is 2.46. The van der Waals surface area contributed by atoms with Gasteiger partial charge < -0.3 is 9.47 Å². The topological polar surface area (TPSA) is 30.8 Å². The highest BCUT2D eigenvalue weighted by Crippen LogP contribution is 2.32. The lowest BCUT2D eigenvalue weighted by atomic mass is 9.96. The van der Waals surface area contributed by atoms with Gasteiger partial charge in [0.05, 0.1) is 19.9 Å². The van der Waals surface area contributed by atoms with E-state index in [9.17, 15) is 0 Å². The predicted octanol–water partition coefficient (Wildman–Crippen LogP) is 3.02. The van der Waals surface area contributed by atoms with Crippen LogP contribution in [0.4, 0.5) is 0 Å². The molecule has 0 radical (unpaired) electrons. The molecule has 0 saturated heterocycles. The molecular weight excluding hydrogens is 226 g/mol. The van der Waals surface area contributed by atoms with Crippen molar-refractivity contribution in [3.8, 4) is 11.5 Å². The molecule has 0 aromatic heterocycles. The zero-order valence-electron chi connectivity index (χ0n) is 11.2. The highest BCUT2D eigenvalue weighted by Gasteiger charge is 2.16. The van der Waals surface area contributed by atoms with Gasteiger partial charge in [-0.15, -0.1) is 0 Å². The zero-order valence-corrected chi connectivity index (χ0v) is 11.2. The van der Waals surface area contributed by atoms with Crippen LogP contribution in [0.1, 0.15) is 24.5 Å². The SMILES string of the molecule is CC/C=C/C1=NCCc2cc(OC)c(OC)cc21. The van der Waals surface area contributed by atoms with Crippen LogP contribution in [0.25, 0.3) is 0 Å². The number of benzene rings is 1. The van der Waals surface area contributed by atoms with E-state index in [0.29, 0.717) is 0 Å². The van der Waals surface area contributed by atoms with Crippen molar-refractivity contribution in [2.45, 2.75) is 19.8 Å². The maximum absolute atomic E-state index is 5.35. The fourth-order valence-corrected chi connectivity index (χ4v) is 2.12. The quantitative estimate of drug-likeness (QED) is 0.816. The maximum atomic E-state index is 5.35. The monoisotopic (exact) mass is 245 g/mol. The third-order valence-electron chi connectivity index (χ3n) is 3.06. The summed E-state index contributed by atoms with van der Waals surface area (Å²) in [6.07, 6.45) is 6.19. The Morgan fingerprint density at radius 3 is 2.61 bits per heavy atom. The normalized spacial score (nSPS) is 14.3. The Labute approximate surface area is 108 Å². The molecule has 1 heterocycles. The second-order valence-electron chi connectivity index (χ2n) is 4.19. The molecule has 0 fully saturated rings. The summed E-state index contributed by atoms with van der Waals surface area (Å²) in [5.74, 6) is 1.55. The molecule has 0 unspecified atom stereocenters. The third-order valence-corrected chi connectivity index (χ3v) is 3.06. The van der Waals surface area contributed by atoms with Gasteiger partial charge in [-0.1, -0.05) is 13.0 Å². The lowest BCUT2D eigenvalue weighted by Gasteiger charge is -2.18. The highest BCUT2D eigenvalue weighted by atomic mass is 16.5. The second-order valence-corrected chi connectivity index (χ2v) is 4.19. The van der Waals surface area contributed by atoms with E-state index in [0.717, 1.165) is 42.2 Å². The van der Waals surface area contributed by atoms with Crippen LogP contribution in [0.2, 0.25) is 0 Å². The number of fused-ring (bicyclic) bond motifs is 1. The molecule has 18 heavy (non-hydrogen) atoms. The van der Waals surface area contributed by atoms with E-state index < -0.39 is 0 Å². The minimum Gasteiger partial charge on any atom is -0.493 e. The van der Waals surface area contributed by atoms with Crippen molar-refractivity contribution in [1.29, 1.82) is 0 Å². The molecule has 0 amide bonds. The van der Waals surface area contributed by atoms with Crippen LogP contribution in [0.15, 0.2) is 29.3 Å². The minimum atomic E-state index is 0.760. The summed E-state index contributed by atoms with van der Waals surface area (Å²) in [4.78, 5) is 4.57. The van der Waals surface area contributed by atoms with Crippen LogP contribution in [0.3, 0.4) is 0 Å². The van der Waals surface area contributed by atoms with Crippen molar-refractivity contribution in [2.75, 3.05) is 20.8 Å². The van der Waals surface area contributed by atoms with Crippen molar-refractivity contribution < 1.29 is 9.47 Å². The molecule has 3 nitrogen and oxygen atoms in total. The Kier molecular flexibility index (Phi) is 4.03. The lowest BCUT2D eigenvalue weighted by Crippen LogP contribution is -2.11. The number of methoxy groups -OCH3 is 2. The summed E-state index contributed by atoms with van der Waals surface area (Å²) >= 11 is 0. The number of hydrogen-bond acceptors (Lipinski definition) is 3. The van der Waals surface area contributed by atoms with Crippen molar-refractivity contribution in [3.05, 3.63) is 35.4 Å². The number of allylic oxidation sites excluding steroid dienone is 2. The highest BCUT2D eigenvalue weighted by molar-refractivity contribution is 6.10. The first-order valence-corrected chi connectivity index (χ1v) is 6.26. The molecule has 96 valence electrons. The van der Waals surface area contributed by atoms with Gasteiger partial charge in [-0.05, 0) is 36.6 Å². The predicted molar refractivity (Wildman–Crippen MR) is 74.1 cm³/mol. The van der Waals surface area contributed by atoms with E-state index in [2.05, 4.69) is 30.1 Å². The first-order valence-electron chi connectivity index (χ1n) is 6.26. The van der Waals surface area contributed by atoms with E-state index >= 15 is 0 Å². The van der Waals surface area contributed by atoms with Gasteiger partial charge in [-0.25, -0.2) is 0 Å². The summed E-state index contributed by atoms with van der Waals surface area (Å²) in [6.45, 7) is 2.96. The Morgan fingerprint density at radius 2 is 1.94 bits per heavy atom. The van der Waals surface area contributed by atoms with Crippen LogP contribution in [-0.2, 0) is 6.42 Å². The van der Waals surface area contributed by atoms with Crippen LogP contribution in [0.5, 0.6) is 11.5 Å². The first-order chi connectivity index (χ1) is 8.80. The summed E-state index contributed by atoms with van der Waals surface area (Å²) in [6, 6.07) is 4.08. The fraction of sp³-hybridized carbons (Fsp3) is 0.400. The van der Waals surface area contributed by atoms with Gasteiger partial charge in [0.25, 0.3) is 0 Å². The molecule has 1 aliphatic rings. The average molecular weight is 245 g/mol. The van der Waals surface area contributed by atoms with Gasteiger partial charge in [-0.3, -0.25) is 4.99 Å².